The topological polar surface area (TPSA) is 87.4 Å². The highest BCUT2D eigenvalue weighted by Gasteiger charge is 2.23. The summed E-state index contributed by atoms with van der Waals surface area (Å²) in [6.45, 7) is 7.10. The lowest BCUT2D eigenvalue weighted by Crippen LogP contribution is -2.51. The molecule has 36 heavy (non-hydrogen) atoms. The van der Waals surface area contributed by atoms with Gasteiger partial charge in [-0.1, -0.05) is 76.1 Å². The van der Waals surface area contributed by atoms with Gasteiger partial charge in [0.2, 0.25) is 5.91 Å². The first-order chi connectivity index (χ1) is 16.4. The minimum Gasteiger partial charge on any atom is -0.508 e. The van der Waals surface area contributed by atoms with Crippen LogP contribution < -0.4 is 16.4 Å². The van der Waals surface area contributed by atoms with Gasteiger partial charge in [-0.15, -0.1) is 24.8 Å². The summed E-state index contributed by atoms with van der Waals surface area (Å²) in [6.07, 6.45) is 7.82. The van der Waals surface area contributed by atoms with Crippen LogP contribution >= 0.6 is 24.8 Å². The van der Waals surface area contributed by atoms with Crippen molar-refractivity contribution in [2.45, 2.75) is 90.3 Å². The molecule has 2 rings (SSSR count). The van der Waals surface area contributed by atoms with Gasteiger partial charge in [0.05, 0.1) is 6.04 Å². The highest BCUT2D eigenvalue weighted by Crippen LogP contribution is 2.16. The maximum Gasteiger partial charge on any atom is 0.237 e. The lowest BCUT2D eigenvalue weighted by molar-refractivity contribution is -0.123. The molecular formula is C29H47Cl2N3O2. The molecule has 0 radical (unpaired) electrons. The van der Waals surface area contributed by atoms with E-state index in [0.29, 0.717) is 18.9 Å². The minimum atomic E-state index is -0.344. The van der Waals surface area contributed by atoms with Crippen LogP contribution in [-0.4, -0.2) is 35.7 Å². The third kappa shape index (κ3) is 14.1. The molecule has 0 fully saturated rings. The number of aromatic hydroxyl groups is 1. The molecule has 2 aromatic carbocycles. The number of unbranched alkanes of at least 4 members (excludes halogenated alkanes) is 1. The predicted octanol–water partition coefficient (Wildman–Crippen LogP) is 5.81. The first-order valence-electron chi connectivity index (χ1n) is 13.0. The zero-order valence-electron chi connectivity index (χ0n) is 22.1. The molecule has 0 saturated carbocycles. The van der Waals surface area contributed by atoms with Crippen molar-refractivity contribution in [3.63, 3.8) is 0 Å². The second kappa shape index (κ2) is 19.3. The van der Waals surface area contributed by atoms with E-state index in [1.165, 1.54) is 5.56 Å². The number of phenols is 1. The molecule has 0 spiro atoms. The quantitative estimate of drug-likeness (QED) is 0.217. The lowest BCUT2D eigenvalue weighted by Gasteiger charge is -2.27. The van der Waals surface area contributed by atoms with E-state index in [-0.39, 0.29) is 54.6 Å². The van der Waals surface area contributed by atoms with E-state index in [4.69, 9.17) is 5.73 Å². The van der Waals surface area contributed by atoms with Crippen LogP contribution in [0.25, 0.3) is 0 Å². The molecular weight excluding hydrogens is 493 g/mol. The number of hydrogen-bond acceptors (Lipinski definition) is 4. The van der Waals surface area contributed by atoms with Crippen molar-refractivity contribution in [3.8, 4) is 5.75 Å². The Hall–Kier alpha value is -1.79. The molecule has 7 heteroatoms. The summed E-state index contributed by atoms with van der Waals surface area (Å²) in [5.41, 5.74) is 8.58. The van der Waals surface area contributed by atoms with Crippen LogP contribution in [0.5, 0.6) is 5.75 Å². The van der Waals surface area contributed by atoms with E-state index in [9.17, 15) is 9.90 Å². The first kappa shape index (κ1) is 34.2. The number of aryl methyl sites for hydroxylation is 1. The average Bonchev–Trinajstić information content (AvgIpc) is 2.82. The van der Waals surface area contributed by atoms with Crippen LogP contribution in [-0.2, 0) is 17.6 Å². The molecule has 0 aromatic heterocycles. The molecule has 5 nitrogen and oxygen atoms in total. The van der Waals surface area contributed by atoms with Gasteiger partial charge in [0.1, 0.15) is 5.75 Å². The van der Waals surface area contributed by atoms with Gasteiger partial charge in [-0.2, -0.15) is 0 Å². The maximum absolute atomic E-state index is 13.2. The third-order valence-corrected chi connectivity index (χ3v) is 6.21. The van der Waals surface area contributed by atoms with Crippen molar-refractivity contribution >= 4 is 30.7 Å². The maximum atomic E-state index is 13.2. The molecule has 0 saturated heterocycles. The van der Waals surface area contributed by atoms with Gasteiger partial charge < -0.3 is 21.5 Å². The Morgan fingerprint density at radius 1 is 0.944 bits per heavy atom. The SMILES string of the molecule is CCCC[C@H](N)CNC(=O)[C@H](Cc1ccc(O)cc1)N[C@H](CCCc1ccccc1)CC(C)C.Cl.Cl. The standard InChI is InChI=1S/C29H45N3O2.2ClH/c1-4-5-13-25(30)21-31-29(34)28(20-24-15-17-27(33)18-16-24)32-26(19-22(2)3)14-9-12-23-10-7-6-8-11-23;;/h6-8,10-11,15-18,22,25-26,28,32-33H,4-5,9,12-14,19-21,30H2,1-3H3,(H,31,34);2*1H/t25-,26+,28-;;/m0../s1. The average molecular weight is 541 g/mol. The fourth-order valence-corrected chi connectivity index (χ4v) is 4.34. The molecule has 0 bridgehead atoms. The monoisotopic (exact) mass is 539 g/mol. The number of carbonyl (C=O) groups is 1. The third-order valence-electron chi connectivity index (χ3n) is 6.21. The van der Waals surface area contributed by atoms with Gasteiger partial charge in [-0.25, -0.2) is 0 Å². The minimum absolute atomic E-state index is 0. The summed E-state index contributed by atoms with van der Waals surface area (Å²) in [7, 11) is 0. The number of carbonyl (C=O) groups excluding carboxylic acids is 1. The van der Waals surface area contributed by atoms with Gasteiger partial charge in [0.15, 0.2) is 0 Å². The lowest BCUT2D eigenvalue weighted by atomic mass is 9.95. The smallest absolute Gasteiger partial charge is 0.237 e. The van der Waals surface area contributed by atoms with E-state index < -0.39 is 0 Å². The van der Waals surface area contributed by atoms with Crippen LogP contribution in [0, 0.1) is 5.92 Å². The number of hydrogen-bond donors (Lipinski definition) is 4. The van der Waals surface area contributed by atoms with E-state index in [1.54, 1.807) is 12.1 Å². The Morgan fingerprint density at radius 3 is 2.22 bits per heavy atom. The molecule has 204 valence electrons. The summed E-state index contributed by atoms with van der Waals surface area (Å²) < 4.78 is 0. The summed E-state index contributed by atoms with van der Waals surface area (Å²) >= 11 is 0. The molecule has 3 atom stereocenters. The molecule has 0 heterocycles. The summed E-state index contributed by atoms with van der Waals surface area (Å²) in [5.74, 6) is 0.768. The van der Waals surface area contributed by atoms with Gasteiger partial charge in [0, 0.05) is 18.6 Å². The summed E-state index contributed by atoms with van der Waals surface area (Å²) in [5, 5.41) is 16.4. The van der Waals surface area contributed by atoms with Gasteiger partial charge in [0.25, 0.3) is 0 Å². The largest absolute Gasteiger partial charge is 0.508 e. The molecule has 0 aliphatic rings. The molecule has 1 amide bonds. The van der Waals surface area contributed by atoms with Crippen LogP contribution in [0.4, 0.5) is 0 Å². The van der Waals surface area contributed by atoms with Crippen molar-refractivity contribution in [1.82, 2.24) is 10.6 Å². The Bertz CT molecular complexity index is 819. The molecule has 2 aromatic rings. The molecule has 0 aliphatic carbocycles. The van der Waals surface area contributed by atoms with Crippen LogP contribution in [0.15, 0.2) is 54.6 Å². The van der Waals surface area contributed by atoms with Gasteiger partial charge >= 0.3 is 0 Å². The number of nitrogens with two attached hydrogens (primary N) is 1. The van der Waals surface area contributed by atoms with E-state index in [0.717, 1.165) is 50.5 Å². The van der Waals surface area contributed by atoms with Crippen molar-refractivity contribution < 1.29 is 9.90 Å². The van der Waals surface area contributed by atoms with E-state index >= 15 is 0 Å². The highest BCUT2D eigenvalue weighted by molar-refractivity contribution is 5.85. The molecule has 0 unspecified atom stereocenters. The van der Waals surface area contributed by atoms with Gasteiger partial charge in [-0.05, 0) is 67.7 Å². The van der Waals surface area contributed by atoms with Crippen molar-refractivity contribution in [2.24, 2.45) is 11.7 Å². The fraction of sp³-hybridized carbons (Fsp3) is 0.552. The number of amides is 1. The number of benzene rings is 2. The first-order valence-corrected chi connectivity index (χ1v) is 13.0. The normalized spacial score (nSPS) is 13.2. The highest BCUT2D eigenvalue weighted by atomic mass is 35.5. The van der Waals surface area contributed by atoms with Crippen molar-refractivity contribution in [2.75, 3.05) is 6.54 Å². The van der Waals surface area contributed by atoms with E-state index in [1.807, 2.05) is 18.2 Å². The summed E-state index contributed by atoms with van der Waals surface area (Å²) in [4.78, 5) is 13.2. The zero-order chi connectivity index (χ0) is 24.8. The number of halogens is 2. The predicted molar refractivity (Wildman–Crippen MR) is 156 cm³/mol. The molecule has 0 aliphatic heterocycles. The van der Waals surface area contributed by atoms with E-state index in [2.05, 4.69) is 55.7 Å². The zero-order valence-corrected chi connectivity index (χ0v) is 23.8. The van der Waals surface area contributed by atoms with Crippen LogP contribution in [0.2, 0.25) is 0 Å². The Kier molecular flexibility index (Phi) is 18.4. The second-order valence-electron chi connectivity index (χ2n) is 9.94. The Balaban J connectivity index is 0.00000612. The Labute approximate surface area is 230 Å². The van der Waals surface area contributed by atoms with Crippen molar-refractivity contribution in [3.05, 3.63) is 65.7 Å². The number of phenolic OH excluding ortho intramolecular Hbond substituents is 1. The summed E-state index contributed by atoms with van der Waals surface area (Å²) in [6, 6.07) is 17.6. The number of nitrogens with one attached hydrogen (secondary N) is 2. The fourth-order valence-electron chi connectivity index (χ4n) is 4.34. The van der Waals surface area contributed by atoms with Crippen molar-refractivity contribution in [1.29, 1.82) is 0 Å². The van der Waals surface area contributed by atoms with Crippen LogP contribution in [0.1, 0.15) is 70.4 Å². The van der Waals surface area contributed by atoms with Gasteiger partial charge in [-0.3, -0.25) is 4.79 Å². The molecule has 5 N–H and O–H groups in total. The number of rotatable bonds is 16. The Morgan fingerprint density at radius 2 is 1.61 bits per heavy atom. The second-order valence-corrected chi connectivity index (χ2v) is 9.94. The van der Waals surface area contributed by atoms with Crippen LogP contribution in [0.3, 0.4) is 0 Å².